The maximum atomic E-state index is 12.3. The van der Waals surface area contributed by atoms with Gasteiger partial charge in [0.1, 0.15) is 5.75 Å². The quantitative estimate of drug-likeness (QED) is 0.707. The standard InChI is InChI=1S/C21H19NO3S/c1-3-14-4-6-15(7-5-14)12-19-21(24)22-20(26-19)13-18(23)16-8-10-17(25-2)11-9-16/h4-13H,3H2,1-2H3,(H,22,24)/b19-12-,20-13-. The van der Waals surface area contributed by atoms with Crippen LogP contribution in [0.2, 0.25) is 0 Å². The summed E-state index contributed by atoms with van der Waals surface area (Å²) < 4.78 is 6.19. The van der Waals surface area contributed by atoms with E-state index in [1.165, 1.54) is 23.0 Å². The van der Waals surface area contributed by atoms with Crippen LogP contribution in [0, 0.1) is 0 Å². The molecule has 3 aromatic rings. The lowest BCUT2D eigenvalue weighted by atomic mass is 10.1. The van der Waals surface area contributed by atoms with Gasteiger partial charge in [-0.25, -0.2) is 0 Å². The van der Waals surface area contributed by atoms with E-state index in [2.05, 4.69) is 11.9 Å². The Morgan fingerprint density at radius 1 is 1.12 bits per heavy atom. The Labute approximate surface area is 155 Å². The summed E-state index contributed by atoms with van der Waals surface area (Å²) in [5.74, 6) is 0.529. The maximum absolute atomic E-state index is 12.3. The Bertz CT molecular complexity index is 1070. The summed E-state index contributed by atoms with van der Waals surface area (Å²) in [4.78, 5) is 27.2. The van der Waals surface area contributed by atoms with Crippen LogP contribution in [0.1, 0.15) is 28.4 Å². The van der Waals surface area contributed by atoms with E-state index in [1.807, 2.05) is 30.3 Å². The summed E-state index contributed by atoms with van der Waals surface area (Å²) in [6.45, 7) is 2.10. The summed E-state index contributed by atoms with van der Waals surface area (Å²) in [5, 5.41) is 0. The zero-order chi connectivity index (χ0) is 18.5. The average Bonchev–Trinajstić information content (AvgIpc) is 3.01. The lowest BCUT2D eigenvalue weighted by Gasteiger charge is -1.99. The van der Waals surface area contributed by atoms with Crippen LogP contribution in [0.4, 0.5) is 0 Å². The number of aryl methyl sites for hydroxylation is 1. The number of methoxy groups -OCH3 is 1. The summed E-state index contributed by atoms with van der Waals surface area (Å²) in [6.07, 6.45) is 4.26. The largest absolute Gasteiger partial charge is 0.497 e. The van der Waals surface area contributed by atoms with Crippen molar-refractivity contribution in [1.82, 2.24) is 4.98 Å². The van der Waals surface area contributed by atoms with Crippen molar-refractivity contribution in [3.8, 4) is 5.75 Å². The molecule has 1 aromatic heterocycles. The maximum Gasteiger partial charge on any atom is 0.266 e. The summed E-state index contributed by atoms with van der Waals surface area (Å²) in [6, 6.07) is 14.9. The molecule has 0 unspecified atom stereocenters. The second-order valence-electron chi connectivity index (χ2n) is 5.76. The Hall–Kier alpha value is -2.92. The molecular formula is C21H19NO3S. The van der Waals surface area contributed by atoms with Gasteiger partial charge in [-0.1, -0.05) is 31.2 Å². The molecule has 1 N–H and O–H groups in total. The van der Waals surface area contributed by atoms with E-state index in [-0.39, 0.29) is 11.3 Å². The van der Waals surface area contributed by atoms with Crippen LogP contribution in [-0.2, 0) is 6.42 Å². The predicted molar refractivity (Wildman–Crippen MR) is 105 cm³/mol. The molecule has 0 saturated carbocycles. The number of thiazole rings is 1. The van der Waals surface area contributed by atoms with Crippen LogP contribution in [0.15, 0.2) is 53.3 Å². The van der Waals surface area contributed by atoms with Crippen LogP contribution in [0.3, 0.4) is 0 Å². The van der Waals surface area contributed by atoms with Gasteiger partial charge in [-0.3, -0.25) is 9.59 Å². The first-order chi connectivity index (χ1) is 12.6. The number of aromatic nitrogens is 1. The van der Waals surface area contributed by atoms with Gasteiger partial charge in [0.05, 0.1) is 16.3 Å². The molecule has 0 bridgehead atoms. The molecule has 1 heterocycles. The SMILES string of the molecule is CCc1ccc(/C=c2\s/c(=C\C(=O)c3ccc(OC)cc3)[nH]c2=O)cc1. The molecule has 0 atom stereocenters. The Balaban J connectivity index is 1.90. The van der Waals surface area contributed by atoms with E-state index in [1.54, 1.807) is 31.4 Å². The van der Waals surface area contributed by atoms with E-state index in [9.17, 15) is 9.59 Å². The van der Waals surface area contributed by atoms with Gasteiger partial charge in [0.2, 0.25) is 0 Å². The van der Waals surface area contributed by atoms with Crippen molar-refractivity contribution in [1.29, 1.82) is 0 Å². The number of carbonyl (C=O) groups is 1. The zero-order valence-electron chi connectivity index (χ0n) is 14.6. The molecule has 0 fully saturated rings. The third-order valence-corrected chi connectivity index (χ3v) is 4.97. The normalized spacial score (nSPS) is 12.4. The second-order valence-corrected chi connectivity index (χ2v) is 6.85. The second kappa shape index (κ2) is 7.97. The molecule has 0 amide bonds. The fourth-order valence-electron chi connectivity index (χ4n) is 2.48. The number of benzene rings is 2. The number of carbonyl (C=O) groups excluding carboxylic acids is 1. The van der Waals surface area contributed by atoms with Crippen molar-refractivity contribution in [2.24, 2.45) is 0 Å². The monoisotopic (exact) mass is 365 g/mol. The molecule has 0 saturated heterocycles. The molecule has 0 aliphatic rings. The van der Waals surface area contributed by atoms with Gasteiger partial charge in [-0.2, -0.15) is 0 Å². The van der Waals surface area contributed by atoms with E-state index in [0.717, 1.165) is 12.0 Å². The predicted octanol–water partition coefficient (Wildman–Crippen LogP) is 2.50. The fourth-order valence-corrected chi connectivity index (χ4v) is 3.37. The van der Waals surface area contributed by atoms with Crippen LogP contribution in [0.25, 0.3) is 12.2 Å². The highest BCUT2D eigenvalue weighted by Crippen LogP contribution is 2.12. The first-order valence-corrected chi connectivity index (χ1v) is 9.10. The minimum absolute atomic E-state index is 0.163. The highest BCUT2D eigenvalue weighted by atomic mass is 32.1. The lowest BCUT2D eigenvalue weighted by molar-refractivity contribution is 0.106. The fraction of sp³-hybridized carbons (Fsp3) is 0.143. The first kappa shape index (κ1) is 17.9. The van der Waals surface area contributed by atoms with Crippen LogP contribution in [-0.4, -0.2) is 17.9 Å². The topological polar surface area (TPSA) is 59.2 Å². The number of H-pyrrole nitrogens is 1. The average molecular weight is 365 g/mol. The molecule has 2 aromatic carbocycles. The van der Waals surface area contributed by atoms with E-state index in [4.69, 9.17) is 4.74 Å². The third kappa shape index (κ3) is 4.18. The number of nitrogens with one attached hydrogen (secondary N) is 1. The molecule has 132 valence electrons. The molecule has 0 radical (unpaired) electrons. The molecule has 0 spiro atoms. The summed E-state index contributed by atoms with van der Waals surface area (Å²) >= 11 is 1.27. The van der Waals surface area contributed by atoms with Gasteiger partial charge in [0.25, 0.3) is 5.56 Å². The van der Waals surface area contributed by atoms with E-state index >= 15 is 0 Å². The third-order valence-electron chi connectivity index (χ3n) is 4.00. The van der Waals surface area contributed by atoms with Crippen molar-refractivity contribution in [2.45, 2.75) is 13.3 Å². The number of ether oxygens (including phenoxy) is 1. The van der Waals surface area contributed by atoms with E-state index < -0.39 is 0 Å². The summed E-state index contributed by atoms with van der Waals surface area (Å²) in [7, 11) is 1.58. The van der Waals surface area contributed by atoms with Crippen molar-refractivity contribution >= 4 is 29.3 Å². The van der Waals surface area contributed by atoms with Crippen molar-refractivity contribution in [2.75, 3.05) is 7.11 Å². The van der Waals surface area contributed by atoms with Gasteiger partial charge in [-0.15, -0.1) is 11.3 Å². The molecule has 3 rings (SSSR count). The van der Waals surface area contributed by atoms with Gasteiger partial charge in [0.15, 0.2) is 5.78 Å². The zero-order valence-corrected chi connectivity index (χ0v) is 15.4. The van der Waals surface area contributed by atoms with Gasteiger partial charge < -0.3 is 9.72 Å². The Morgan fingerprint density at radius 3 is 2.42 bits per heavy atom. The molecule has 0 aliphatic heterocycles. The van der Waals surface area contributed by atoms with Crippen LogP contribution in [0.5, 0.6) is 5.75 Å². The van der Waals surface area contributed by atoms with Gasteiger partial charge in [-0.05, 0) is 47.9 Å². The Kier molecular flexibility index (Phi) is 5.49. The first-order valence-electron chi connectivity index (χ1n) is 8.29. The minimum atomic E-state index is -0.191. The molecule has 5 heteroatoms. The number of ketones is 1. The van der Waals surface area contributed by atoms with Gasteiger partial charge in [0, 0.05) is 11.6 Å². The van der Waals surface area contributed by atoms with Gasteiger partial charge >= 0.3 is 0 Å². The Morgan fingerprint density at radius 2 is 1.81 bits per heavy atom. The molecule has 4 nitrogen and oxygen atoms in total. The van der Waals surface area contributed by atoms with Crippen LogP contribution < -0.4 is 19.5 Å². The molecule has 0 aliphatic carbocycles. The highest BCUT2D eigenvalue weighted by Gasteiger charge is 2.04. The van der Waals surface area contributed by atoms with Crippen molar-refractivity contribution in [3.63, 3.8) is 0 Å². The smallest absolute Gasteiger partial charge is 0.266 e. The number of Topliss-reactive ketones (excluding diaryl/α,β-unsaturated/α-hetero) is 1. The number of hydrogen-bond donors (Lipinski definition) is 1. The molecular weight excluding hydrogens is 346 g/mol. The number of rotatable bonds is 5. The lowest BCUT2D eigenvalue weighted by Crippen LogP contribution is -2.20. The van der Waals surface area contributed by atoms with E-state index in [0.29, 0.717) is 20.5 Å². The number of aromatic amines is 1. The van der Waals surface area contributed by atoms with Crippen molar-refractivity contribution in [3.05, 3.63) is 84.8 Å². The summed E-state index contributed by atoms with van der Waals surface area (Å²) in [5.41, 5.74) is 2.56. The highest BCUT2D eigenvalue weighted by molar-refractivity contribution is 7.07. The molecule has 26 heavy (non-hydrogen) atoms. The van der Waals surface area contributed by atoms with Crippen LogP contribution >= 0.6 is 11.3 Å². The minimum Gasteiger partial charge on any atom is -0.497 e. The number of hydrogen-bond acceptors (Lipinski definition) is 4. The van der Waals surface area contributed by atoms with Crippen molar-refractivity contribution < 1.29 is 9.53 Å².